The number of rotatable bonds is 8. The Labute approximate surface area is 220 Å². The van der Waals surface area contributed by atoms with Crippen LogP contribution in [0, 0.1) is 6.92 Å². The second kappa shape index (κ2) is 10.9. The van der Waals surface area contributed by atoms with Gasteiger partial charge < -0.3 is 14.3 Å². The van der Waals surface area contributed by atoms with Crippen molar-refractivity contribution >= 4 is 11.9 Å². The predicted octanol–water partition coefficient (Wildman–Crippen LogP) is 4.99. The average Bonchev–Trinajstić information content (AvgIpc) is 3.30. The number of aromatic nitrogens is 1. The maximum Gasteiger partial charge on any atom is 0.327 e. The van der Waals surface area contributed by atoms with Crippen molar-refractivity contribution in [1.82, 2.24) is 15.4 Å². The smallest absolute Gasteiger partial charge is 0.327 e. The molecule has 2 heterocycles. The molecular weight excluding hydrogens is 482 g/mol. The van der Waals surface area contributed by atoms with E-state index in [9.17, 15) is 14.7 Å². The number of carbonyl (C=O) groups is 2. The van der Waals surface area contributed by atoms with Gasteiger partial charge in [0.25, 0.3) is 5.91 Å². The number of oxazole rings is 1. The van der Waals surface area contributed by atoms with Gasteiger partial charge >= 0.3 is 5.97 Å². The topological polar surface area (TPSA) is 105 Å². The molecule has 0 aliphatic carbocycles. The second-order valence-electron chi connectivity index (χ2n) is 9.36. The highest BCUT2D eigenvalue weighted by molar-refractivity contribution is 5.94. The summed E-state index contributed by atoms with van der Waals surface area (Å²) in [6.45, 7) is 4.13. The number of nitrogens with zero attached hydrogens (tertiary/aromatic N) is 2. The second-order valence-corrected chi connectivity index (χ2v) is 9.36. The molecule has 2 atom stereocenters. The molecule has 1 aliphatic heterocycles. The molecule has 8 heteroatoms. The van der Waals surface area contributed by atoms with Gasteiger partial charge in [-0.05, 0) is 67.8 Å². The Balaban J connectivity index is 1.30. The van der Waals surface area contributed by atoms with Crippen LogP contribution in [0.3, 0.4) is 0 Å². The highest BCUT2D eigenvalue weighted by atomic mass is 16.5. The number of benzene rings is 3. The highest BCUT2D eigenvalue weighted by Crippen LogP contribution is 2.35. The van der Waals surface area contributed by atoms with Crippen LogP contribution in [0.4, 0.5) is 0 Å². The third-order valence-corrected chi connectivity index (χ3v) is 6.70. The molecule has 1 amide bonds. The van der Waals surface area contributed by atoms with E-state index in [0.717, 1.165) is 22.6 Å². The number of carbonyl (C=O) groups excluding carboxylic acids is 1. The van der Waals surface area contributed by atoms with Gasteiger partial charge in [0.05, 0.1) is 12.3 Å². The molecule has 0 bridgehead atoms. The lowest BCUT2D eigenvalue weighted by Crippen LogP contribution is -2.54. The Kier molecular flexibility index (Phi) is 7.24. The van der Waals surface area contributed by atoms with Gasteiger partial charge in [0.2, 0.25) is 5.89 Å². The van der Waals surface area contributed by atoms with Gasteiger partial charge in [-0.25, -0.2) is 4.98 Å². The quantitative estimate of drug-likeness (QED) is 0.343. The first kappa shape index (κ1) is 25.2. The van der Waals surface area contributed by atoms with Crippen molar-refractivity contribution in [3.05, 3.63) is 107 Å². The van der Waals surface area contributed by atoms with Crippen LogP contribution in [-0.2, 0) is 17.6 Å². The van der Waals surface area contributed by atoms with Crippen LogP contribution in [0.2, 0.25) is 0 Å². The van der Waals surface area contributed by atoms with E-state index < -0.39 is 12.0 Å². The Morgan fingerprint density at radius 3 is 2.50 bits per heavy atom. The van der Waals surface area contributed by atoms with Crippen molar-refractivity contribution in [2.24, 2.45) is 0 Å². The summed E-state index contributed by atoms with van der Waals surface area (Å²) in [6, 6.07) is 22.7. The number of hydrogen-bond donors (Lipinski definition) is 2. The monoisotopic (exact) mass is 511 g/mol. The summed E-state index contributed by atoms with van der Waals surface area (Å²) in [6.07, 6.45) is 1.13. The molecule has 38 heavy (non-hydrogen) atoms. The van der Waals surface area contributed by atoms with Crippen molar-refractivity contribution in [2.45, 2.75) is 38.8 Å². The average molecular weight is 512 g/mol. The van der Waals surface area contributed by atoms with E-state index in [1.807, 2.05) is 62.4 Å². The summed E-state index contributed by atoms with van der Waals surface area (Å²) in [4.78, 5) is 29.8. The minimum Gasteiger partial charge on any atom is -0.493 e. The lowest BCUT2D eigenvalue weighted by Gasteiger charge is -2.39. The Morgan fingerprint density at radius 2 is 1.79 bits per heavy atom. The molecule has 0 spiro atoms. The molecule has 1 aliphatic rings. The summed E-state index contributed by atoms with van der Waals surface area (Å²) >= 11 is 0. The first-order valence-electron chi connectivity index (χ1n) is 12.5. The maximum absolute atomic E-state index is 12.8. The van der Waals surface area contributed by atoms with Crippen molar-refractivity contribution < 1.29 is 23.8 Å². The fourth-order valence-electron chi connectivity index (χ4n) is 4.75. The van der Waals surface area contributed by atoms with E-state index in [1.165, 1.54) is 5.01 Å². The number of nitrogens with one attached hydrogen (secondary N) is 1. The molecule has 3 aromatic carbocycles. The SMILES string of the molecule is Cc1oc(-c2ccccc2)nc1CCOc1ccc2c(c1)C(C(=O)O)N(NC(=O)c1ccccc1)[C@@H](C)C2. The van der Waals surface area contributed by atoms with E-state index in [4.69, 9.17) is 9.15 Å². The summed E-state index contributed by atoms with van der Waals surface area (Å²) in [5, 5.41) is 11.7. The molecule has 8 nitrogen and oxygen atoms in total. The van der Waals surface area contributed by atoms with Gasteiger partial charge in [-0.15, -0.1) is 0 Å². The summed E-state index contributed by atoms with van der Waals surface area (Å²) in [5.74, 6) is 0.473. The third kappa shape index (κ3) is 5.31. The van der Waals surface area contributed by atoms with Crippen LogP contribution in [0.15, 0.2) is 83.3 Å². The van der Waals surface area contributed by atoms with Crippen LogP contribution < -0.4 is 10.2 Å². The predicted molar refractivity (Wildman–Crippen MR) is 142 cm³/mol. The molecule has 0 saturated heterocycles. The first-order chi connectivity index (χ1) is 18.4. The molecule has 1 aromatic heterocycles. The zero-order valence-corrected chi connectivity index (χ0v) is 21.3. The zero-order chi connectivity index (χ0) is 26.6. The van der Waals surface area contributed by atoms with Gasteiger partial charge in [-0.2, -0.15) is 5.01 Å². The minimum atomic E-state index is -1.05. The molecule has 5 rings (SSSR count). The molecule has 0 fully saturated rings. The standard InChI is InChI=1S/C30H29N3O5/c1-19-17-23-13-14-24(37-16-15-26-20(2)38-29(31-26)22-11-7-4-8-12-22)18-25(23)27(30(35)36)33(19)32-28(34)21-9-5-3-6-10-21/h3-14,18-19,27H,15-17H2,1-2H3,(H,32,34)(H,35,36)/t19-,27?/m0/s1. The van der Waals surface area contributed by atoms with Crippen molar-refractivity contribution in [3.8, 4) is 17.2 Å². The number of carboxylic acids is 1. The molecule has 194 valence electrons. The summed E-state index contributed by atoms with van der Waals surface area (Å²) in [5.41, 5.74) is 6.53. The minimum absolute atomic E-state index is 0.211. The number of amides is 1. The fourth-order valence-corrected chi connectivity index (χ4v) is 4.75. The lowest BCUT2D eigenvalue weighted by molar-refractivity contribution is -0.146. The molecule has 4 aromatic rings. The van der Waals surface area contributed by atoms with Gasteiger partial charge in [0.15, 0.2) is 6.04 Å². The number of fused-ring (bicyclic) bond motifs is 1. The van der Waals surface area contributed by atoms with Gasteiger partial charge in [0.1, 0.15) is 11.5 Å². The Morgan fingerprint density at radius 1 is 1.08 bits per heavy atom. The number of hydrogen-bond acceptors (Lipinski definition) is 6. The molecule has 1 unspecified atom stereocenters. The first-order valence-corrected chi connectivity index (χ1v) is 12.5. The molecule has 0 radical (unpaired) electrons. The van der Waals surface area contributed by atoms with Crippen LogP contribution in [0.25, 0.3) is 11.5 Å². The normalized spacial score (nSPS) is 17.0. The number of aliphatic carboxylic acids is 1. The number of hydrazine groups is 1. The van der Waals surface area contributed by atoms with Crippen LogP contribution in [-0.4, -0.2) is 39.6 Å². The van der Waals surface area contributed by atoms with Gasteiger partial charge in [0, 0.05) is 23.6 Å². The highest BCUT2D eigenvalue weighted by Gasteiger charge is 2.38. The van der Waals surface area contributed by atoms with Crippen molar-refractivity contribution in [2.75, 3.05) is 6.61 Å². The maximum atomic E-state index is 12.8. The van der Waals surface area contributed by atoms with Crippen LogP contribution in [0.1, 0.15) is 45.9 Å². The lowest BCUT2D eigenvalue weighted by atomic mass is 9.89. The van der Waals surface area contributed by atoms with E-state index in [-0.39, 0.29) is 11.9 Å². The Hall–Kier alpha value is -4.43. The van der Waals surface area contributed by atoms with Gasteiger partial charge in [-0.1, -0.05) is 42.5 Å². The van der Waals surface area contributed by atoms with Gasteiger partial charge in [-0.3, -0.25) is 15.0 Å². The van der Waals surface area contributed by atoms with Crippen molar-refractivity contribution in [3.63, 3.8) is 0 Å². The number of ether oxygens (including phenoxy) is 1. The summed E-state index contributed by atoms with van der Waals surface area (Å²) < 4.78 is 11.8. The van der Waals surface area contributed by atoms with E-state index in [2.05, 4.69) is 10.4 Å². The third-order valence-electron chi connectivity index (χ3n) is 6.70. The van der Waals surface area contributed by atoms with Crippen molar-refractivity contribution in [1.29, 1.82) is 0 Å². The molecule has 0 saturated carbocycles. The molecular formula is C30H29N3O5. The molecule has 2 N–H and O–H groups in total. The summed E-state index contributed by atoms with van der Waals surface area (Å²) in [7, 11) is 0. The largest absolute Gasteiger partial charge is 0.493 e. The number of carboxylic acid groups (broad SMARTS) is 1. The van der Waals surface area contributed by atoms with E-state index in [1.54, 1.807) is 30.3 Å². The zero-order valence-electron chi connectivity index (χ0n) is 21.3. The number of aryl methyl sites for hydroxylation is 1. The van der Waals surface area contributed by atoms with Crippen LogP contribution in [0.5, 0.6) is 5.75 Å². The van der Waals surface area contributed by atoms with Crippen LogP contribution >= 0.6 is 0 Å². The fraction of sp³-hybridized carbons (Fsp3) is 0.233. The van der Waals surface area contributed by atoms with E-state index in [0.29, 0.717) is 42.2 Å². The Bertz CT molecular complexity index is 1440. The van der Waals surface area contributed by atoms with E-state index >= 15 is 0 Å².